The van der Waals surface area contributed by atoms with Crippen molar-refractivity contribution in [3.05, 3.63) is 22.2 Å². The molecule has 0 bridgehead atoms. The maximum Gasteiger partial charge on any atom is 0.303 e. The van der Waals surface area contributed by atoms with Crippen LogP contribution in [0, 0.1) is 0 Å². The highest BCUT2D eigenvalue weighted by molar-refractivity contribution is 6.33. The van der Waals surface area contributed by atoms with Crippen LogP contribution < -0.4 is 9.47 Å². The van der Waals surface area contributed by atoms with E-state index in [0.29, 0.717) is 29.4 Å². The van der Waals surface area contributed by atoms with Gasteiger partial charge in [0.15, 0.2) is 11.5 Å². The van der Waals surface area contributed by atoms with E-state index in [-0.39, 0.29) is 6.42 Å². The van der Waals surface area contributed by atoms with Crippen LogP contribution in [0.1, 0.15) is 24.5 Å². The molecule has 0 fully saturated rings. The highest BCUT2D eigenvalue weighted by Crippen LogP contribution is 2.40. The van der Waals surface area contributed by atoms with E-state index in [9.17, 15) is 4.79 Å². The van der Waals surface area contributed by atoms with Crippen molar-refractivity contribution in [2.75, 3.05) is 14.2 Å². The number of hydrogen-bond donors (Lipinski definition) is 1. The van der Waals surface area contributed by atoms with Crippen molar-refractivity contribution in [3.63, 3.8) is 0 Å². The molecule has 0 saturated carbocycles. The highest BCUT2D eigenvalue weighted by atomic mass is 35.5. The summed E-state index contributed by atoms with van der Waals surface area (Å²) >= 11 is 6.26. The zero-order valence-corrected chi connectivity index (χ0v) is 11.5. The minimum atomic E-state index is -0.831. The number of rotatable bonds is 6. The number of methoxy groups -OCH3 is 2. The molecule has 1 aromatic carbocycles. The first kappa shape index (κ1) is 14.6. The second-order valence-corrected chi connectivity index (χ2v) is 4.19. The molecule has 18 heavy (non-hydrogen) atoms. The van der Waals surface area contributed by atoms with Gasteiger partial charge < -0.3 is 14.6 Å². The first-order valence-electron chi connectivity index (χ1n) is 5.69. The van der Waals surface area contributed by atoms with E-state index in [1.807, 2.05) is 6.92 Å². The average molecular weight is 273 g/mol. The van der Waals surface area contributed by atoms with Crippen LogP contribution in [-0.4, -0.2) is 25.3 Å². The number of ether oxygens (including phenoxy) is 2. The third-order valence-corrected chi connectivity index (χ3v) is 3.17. The van der Waals surface area contributed by atoms with E-state index in [4.69, 9.17) is 26.2 Å². The van der Waals surface area contributed by atoms with Crippen LogP contribution in [0.5, 0.6) is 11.5 Å². The molecular formula is C13H17ClO4. The SMILES string of the molecule is CCc1c(CCC(=O)O)cc(OC)c(OC)c1Cl. The third kappa shape index (κ3) is 3.07. The van der Waals surface area contributed by atoms with Crippen molar-refractivity contribution in [3.8, 4) is 11.5 Å². The molecule has 0 aromatic heterocycles. The van der Waals surface area contributed by atoms with Gasteiger partial charge in [-0.25, -0.2) is 0 Å². The summed E-state index contributed by atoms with van der Waals surface area (Å²) in [4.78, 5) is 10.6. The van der Waals surface area contributed by atoms with Crippen molar-refractivity contribution in [1.82, 2.24) is 0 Å². The minimum absolute atomic E-state index is 0.0683. The quantitative estimate of drug-likeness (QED) is 0.865. The van der Waals surface area contributed by atoms with Gasteiger partial charge in [0.05, 0.1) is 19.2 Å². The Balaban J connectivity index is 3.23. The number of carbonyl (C=O) groups is 1. The summed E-state index contributed by atoms with van der Waals surface area (Å²) in [6, 6.07) is 1.80. The van der Waals surface area contributed by atoms with Crippen LogP contribution in [0.4, 0.5) is 0 Å². The lowest BCUT2D eigenvalue weighted by molar-refractivity contribution is -0.136. The molecule has 4 nitrogen and oxygen atoms in total. The standard InChI is InChI=1S/C13H17ClO4/c1-4-9-8(5-6-11(15)16)7-10(17-2)13(18-3)12(9)14/h7H,4-6H2,1-3H3,(H,15,16). The molecule has 0 aliphatic rings. The fourth-order valence-electron chi connectivity index (χ4n) is 1.89. The van der Waals surface area contributed by atoms with Gasteiger partial charge in [0.1, 0.15) is 0 Å². The van der Waals surface area contributed by atoms with Crippen molar-refractivity contribution in [2.45, 2.75) is 26.2 Å². The van der Waals surface area contributed by atoms with Crippen LogP contribution in [-0.2, 0) is 17.6 Å². The first-order chi connectivity index (χ1) is 8.54. The summed E-state index contributed by atoms with van der Waals surface area (Å²) < 4.78 is 10.4. The number of halogens is 1. The predicted molar refractivity (Wildman–Crippen MR) is 69.9 cm³/mol. The van der Waals surface area contributed by atoms with Gasteiger partial charge in [0.25, 0.3) is 0 Å². The maximum absolute atomic E-state index is 10.6. The van der Waals surface area contributed by atoms with E-state index in [0.717, 1.165) is 11.1 Å². The lowest BCUT2D eigenvalue weighted by atomic mass is 9.99. The molecule has 0 atom stereocenters. The Morgan fingerprint density at radius 1 is 1.39 bits per heavy atom. The van der Waals surface area contributed by atoms with E-state index in [2.05, 4.69) is 0 Å². The van der Waals surface area contributed by atoms with Gasteiger partial charge >= 0.3 is 5.97 Å². The van der Waals surface area contributed by atoms with Crippen molar-refractivity contribution in [2.24, 2.45) is 0 Å². The molecule has 0 amide bonds. The monoisotopic (exact) mass is 272 g/mol. The normalized spacial score (nSPS) is 10.2. The van der Waals surface area contributed by atoms with Crippen molar-refractivity contribution in [1.29, 1.82) is 0 Å². The Labute approximate surface area is 111 Å². The summed E-state index contributed by atoms with van der Waals surface area (Å²) in [5.41, 5.74) is 1.80. The smallest absolute Gasteiger partial charge is 0.303 e. The summed E-state index contributed by atoms with van der Waals surface area (Å²) in [5.74, 6) is 0.193. The van der Waals surface area contributed by atoms with E-state index >= 15 is 0 Å². The largest absolute Gasteiger partial charge is 0.493 e. The number of hydrogen-bond acceptors (Lipinski definition) is 3. The van der Waals surface area contributed by atoms with Crippen LogP contribution in [0.3, 0.4) is 0 Å². The second-order valence-electron chi connectivity index (χ2n) is 3.81. The first-order valence-corrected chi connectivity index (χ1v) is 6.06. The van der Waals surface area contributed by atoms with Crippen molar-refractivity contribution >= 4 is 17.6 Å². The Kier molecular flexibility index (Phi) is 5.28. The Morgan fingerprint density at radius 3 is 2.50 bits per heavy atom. The van der Waals surface area contributed by atoms with E-state index in [1.54, 1.807) is 6.07 Å². The van der Waals surface area contributed by atoms with Gasteiger partial charge in [-0.1, -0.05) is 18.5 Å². The number of carboxylic acid groups (broad SMARTS) is 1. The zero-order valence-electron chi connectivity index (χ0n) is 10.7. The van der Waals surface area contributed by atoms with Crippen LogP contribution in [0.15, 0.2) is 6.07 Å². The van der Waals surface area contributed by atoms with Gasteiger partial charge in [-0.2, -0.15) is 0 Å². The molecule has 0 saturated heterocycles. The van der Waals surface area contributed by atoms with E-state index < -0.39 is 5.97 Å². The van der Waals surface area contributed by atoms with Crippen LogP contribution >= 0.6 is 11.6 Å². The molecule has 0 aliphatic heterocycles. The molecule has 0 heterocycles. The average Bonchev–Trinajstić information content (AvgIpc) is 2.35. The topological polar surface area (TPSA) is 55.8 Å². The molecule has 0 radical (unpaired) electrons. The lowest BCUT2D eigenvalue weighted by Crippen LogP contribution is -2.03. The van der Waals surface area contributed by atoms with E-state index in [1.165, 1.54) is 14.2 Å². The molecule has 1 aromatic rings. The van der Waals surface area contributed by atoms with Crippen molar-refractivity contribution < 1.29 is 19.4 Å². The summed E-state index contributed by atoms with van der Waals surface area (Å²) in [7, 11) is 3.06. The van der Waals surface area contributed by atoms with Gasteiger partial charge in [0, 0.05) is 6.42 Å². The number of benzene rings is 1. The zero-order chi connectivity index (χ0) is 13.7. The maximum atomic E-state index is 10.6. The molecule has 1 rings (SSSR count). The fraction of sp³-hybridized carbons (Fsp3) is 0.462. The number of aryl methyl sites for hydroxylation is 1. The molecule has 0 spiro atoms. The summed E-state index contributed by atoms with van der Waals surface area (Å²) in [6.45, 7) is 1.97. The predicted octanol–water partition coefficient (Wildman–Crippen LogP) is 2.94. The van der Waals surface area contributed by atoms with Crippen LogP contribution in [0.25, 0.3) is 0 Å². The fourth-order valence-corrected chi connectivity index (χ4v) is 2.31. The van der Waals surface area contributed by atoms with Gasteiger partial charge in [-0.3, -0.25) is 4.79 Å². The number of carboxylic acids is 1. The van der Waals surface area contributed by atoms with Gasteiger partial charge in [0.2, 0.25) is 0 Å². The summed E-state index contributed by atoms with van der Waals surface area (Å²) in [5, 5.41) is 9.25. The Morgan fingerprint density at radius 2 is 2.06 bits per heavy atom. The number of aliphatic carboxylic acids is 1. The molecule has 0 unspecified atom stereocenters. The third-order valence-electron chi connectivity index (χ3n) is 2.77. The molecule has 5 heteroatoms. The van der Waals surface area contributed by atoms with Gasteiger partial charge in [-0.05, 0) is 30.0 Å². The van der Waals surface area contributed by atoms with Crippen LogP contribution in [0.2, 0.25) is 5.02 Å². The summed E-state index contributed by atoms with van der Waals surface area (Å²) in [6.07, 6.45) is 1.21. The molecule has 1 N–H and O–H groups in total. The lowest BCUT2D eigenvalue weighted by Gasteiger charge is -2.16. The highest BCUT2D eigenvalue weighted by Gasteiger charge is 2.17. The Bertz CT molecular complexity index is 443. The second kappa shape index (κ2) is 6.50. The molecule has 0 aliphatic carbocycles. The minimum Gasteiger partial charge on any atom is -0.493 e. The van der Waals surface area contributed by atoms with Gasteiger partial charge in [-0.15, -0.1) is 0 Å². The Hall–Kier alpha value is -1.42. The molecule has 100 valence electrons. The molecular weight excluding hydrogens is 256 g/mol.